The molecular weight excluding hydrogens is 194 g/mol. The monoisotopic (exact) mass is 207 g/mol. The Bertz CT molecular complexity index is 348. The maximum absolute atomic E-state index is 8.70. The van der Waals surface area contributed by atoms with Crippen LogP contribution in [0.4, 0.5) is 0 Å². The van der Waals surface area contributed by atoms with Gasteiger partial charge in [0.05, 0.1) is 11.6 Å². The summed E-state index contributed by atoms with van der Waals surface area (Å²) >= 11 is 6.11. The van der Waals surface area contributed by atoms with E-state index in [0.717, 1.165) is 23.4 Å². The molecule has 0 heterocycles. The molecule has 0 fully saturated rings. The van der Waals surface area contributed by atoms with Crippen LogP contribution < -0.4 is 0 Å². The van der Waals surface area contributed by atoms with Gasteiger partial charge in [-0.3, -0.25) is 0 Å². The zero-order valence-corrected chi connectivity index (χ0v) is 9.30. The van der Waals surface area contributed by atoms with E-state index in [0.29, 0.717) is 11.5 Å². The molecule has 1 aromatic carbocycles. The van der Waals surface area contributed by atoms with E-state index in [4.69, 9.17) is 16.9 Å². The fourth-order valence-corrected chi connectivity index (χ4v) is 1.99. The van der Waals surface area contributed by atoms with Gasteiger partial charge in [-0.15, -0.1) is 0 Å². The van der Waals surface area contributed by atoms with Gasteiger partial charge in [0, 0.05) is 5.02 Å². The van der Waals surface area contributed by atoms with Gasteiger partial charge >= 0.3 is 0 Å². The summed E-state index contributed by atoms with van der Waals surface area (Å²) in [4.78, 5) is 0. The number of rotatable bonds is 3. The summed E-state index contributed by atoms with van der Waals surface area (Å²) < 4.78 is 0. The van der Waals surface area contributed by atoms with Crippen molar-refractivity contribution < 1.29 is 0 Å². The van der Waals surface area contributed by atoms with E-state index in [1.807, 2.05) is 12.1 Å². The molecular formula is C12H14ClN. The van der Waals surface area contributed by atoms with E-state index >= 15 is 0 Å². The zero-order valence-electron chi connectivity index (χ0n) is 8.55. The van der Waals surface area contributed by atoms with Crippen LogP contribution in [0.3, 0.4) is 0 Å². The predicted molar refractivity (Wildman–Crippen MR) is 59.5 cm³/mol. The number of halogens is 1. The Hall–Kier alpha value is -1.00. The summed E-state index contributed by atoms with van der Waals surface area (Å²) in [6.07, 6.45) is 2.17. The van der Waals surface area contributed by atoms with Gasteiger partial charge in [-0.25, -0.2) is 0 Å². The SMILES string of the molecule is CCC(CC)c1ccc(C#N)cc1Cl. The van der Waals surface area contributed by atoms with Gasteiger partial charge in [0.1, 0.15) is 0 Å². The molecule has 74 valence electrons. The Kier molecular flexibility index (Phi) is 3.98. The lowest BCUT2D eigenvalue weighted by molar-refractivity contribution is 0.642. The highest BCUT2D eigenvalue weighted by atomic mass is 35.5. The second-order valence-corrected chi connectivity index (χ2v) is 3.77. The van der Waals surface area contributed by atoms with Crippen LogP contribution in [0.15, 0.2) is 18.2 Å². The van der Waals surface area contributed by atoms with E-state index in [9.17, 15) is 0 Å². The van der Waals surface area contributed by atoms with Crippen LogP contribution >= 0.6 is 11.6 Å². The van der Waals surface area contributed by atoms with Crippen LogP contribution in [-0.2, 0) is 0 Å². The molecule has 1 aromatic rings. The molecule has 0 aliphatic carbocycles. The van der Waals surface area contributed by atoms with Crippen molar-refractivity contribution in [2.75, 3.05) is 0 Å². The number of benzene rings is 1. The van der Waals surface area contributed by atoms with Crippen molar-refractivity contribution >= 4 is 11.6 Å². The van der Waals surface area contributed by atoms with Crippen LogP contribution in [0.25, 0.3) is 0 Å². The topological polar surface area (TPSA) is 23.8 Å². The Morgan fingerprint density at radius 1 is 1.36 bits per heavy atom. The predicted octanol–water partition coefficient (Wildman–Crippen LogP) is 4.12. The summed E-state index contributed by atoms with van der Waals surface area (Å²) in [5.41, 5.74) is 1.79. The van der Waals surface area contributed by atoms with Crippen molar-refractivity contribution in [1.82, 2.24) is 0 Å². The summed E-state index contributed by atoms with van der Waals surface area (Å²) in [5.74, 6) is 0.509. The Morgan fingerprint density at radius 2 is 2.00 bits per heavy atom. The number of hydrogen-bond donors (Lipinski definition) is 0. The normalized spacial score (nSPS) is 10.2. The Labute approximate surface area is 90.3 Å². The molecule has 0 aromatic heterocycles. The van der Waals surface area contributed by atoms with E-state index in [1.54, 1.807) is 6.07 Å². The minimum atomic E-state index is 0.509. The van der Waals surface area contributed by atoms with Crippen molar-refractivity contribution in [2.24, 2.45) is 0 Å². The molecule has 14 heavy (non-hydrogen) atoms. The first-order valence-corrected chi connectivity index (χ1v) is 5.30. The van der Waals surface area contributed by atoms with Crippen LogP contribution in [0.5, 0.6) is 0 Å². The first-order chi connectivity index (χ1) is 6.72. The van der Waals surface area contributed by atoms with Crippen LogP contribution in [-0.4, -0.2) is 0 Å². The Morgan fingerprint density at radius 3 is 2.43 bits per heavy atom. The summed E-state index contributed by atoms with van der Waals surface area (Å²) in [6, 6.07) is 7.63. The average Bonchev–Trinajstić information content (AvgIpc) is 2.22. The maximum Gasteiger partial charge on any atom is 0.0992 e. The minimum Gasteiger partial charge on any atom is -0.192 e. The molecule has 0 aliphatic heterocycles. The molecule has 0 saturated carbocycles. The van der Waals surface area contributed by atoms with Gasteiger partial charge in [-0.1, -0.05) is 31.5 Å². The quantitative estimate of drug-likeness (QED) is 0.732. The third-order valence-corrected chi connectivity index (χ3v) is 2.88. The number of nitrogens with zero attached hydrogens (tertiary/aromatic N) is 1. The third-order valence-electron chi connectivity index (χ3n) is 2.55. The van der Waals surface area contributed by atoms with Crippen molar-refractivity contribution in [3.8, 4) is 6.07 Å². The van der Waals surface area contributed by atoms with E-state index < -0.39 is 0 Å². The van der Waals surface area contributed by atoms with Gasteiger partial charge < -0.3 is 0 Å². The molecule has 0 N–H and O–H groups in total. The molecule has 0 unspecified atom stereocenters. The lowest BCUT2D eigenvalue weighted by Gasteiger charge is -2.14. The highest BCUT2D eigenvalue weighted by molar-refractivity contribution is 6.31. The first-order valence-electron chi connectivity index (χ1n) is 4.92. The molecule has 0 atom stereocenters. The van der Waals surface area contributed by atoms with Crippen molar-refractivity contribution in [3.63, 3.8) is 0 Å². The highest BCUT2D eigenvalue weighted by Gasteiger charge is 2.10. The van der Waals surface area contributed by atoms with Crippen LogP contribution in [0, 0.1) is 11.3 Å². The summed E-state index contributed by atoms with van der Waals surface area (Å²) in [7, 11) is 0. The second-order valence-electron chi connectivity index (χ2n) is 3.36. The summed E-state index contributed by atoms with van der Waals surface area (Å²) in [5, 5.41) is 9.42. The van der Waals surface area contributed by atoms with Gasteiger partial charge in [0.15, 0.2) is 0 Å². The first kappa shape index (κ1) is 11.1. The number of nitriles is 1. The fourth-order valence-electron chi connectivity index (χ4n) is 1.66. The molecule has 1 rings (SSSR count). The smallest absolute Gasteiger partial charge is 0.0992 e. The third kappa shape index (κ3) is 2.27. The van der Waals surface area contributed by atoms with E-state index in [-0.39, 0.29) is 0 Å². The van der Waals surface area contributed by atoms with Crippen molar-refractivity contribution in [3.05, 3.63) is 34.3 Å². The lowest BCUT2D eigenvalue weighted by Crippen LogP contribution is -1.96. The molecule has 0 saturated heterocycles. The minimum absolute atomic E-state index is 0.509. The molecule has 0 aliphatic rings. The Balaban J connectivity index is 3.05. The maximum atomic E-state index is 8.70. The molecule has 1 nitrogen and oxygen atoms in total. The van der Waals surface area contributed by atoms with Crippen molar-refractivity contribution in [1.29, 1.82) is 5.26 Å². The van der Waals surface area contributed by atoms with Gasteiger partial charge in [0.2, 0.25) is 0 Å². The van der Waals surface area contributed by atoms with E-state index in [1.165, 1.54) is 0 Å². The lowest BCUT2D eigenvalue weighted by atomic mass is 9.93. The van der Waals surface area contributed by atoms with Crippen LogP contribution in [0.1, 0.15) is 43.7 Å². The summed E-state index contributed by atoms with van der Waals surface area (Å²) in [6.45, 7) is 4.31. The second kappa shape index (κ2) is 5.02. The fraction of sp³-hybridized carbons (Fsp3) is 0.417. The van der Waals surface area contributed by atoms with Gasteiger partial charge in [-0.2, -0.15) is 5.26 Å². The molecule has 0 amide bonds. The highest BCUT2D eigenvalue weighted by Crippen LogP contribution is 2.29. The van der Waals surface area contributed by atoms with Crippen LogP contribution in [0.2, 0.25) is 5.02 Å². The number of hydrogen-bond acceptors (Lipinski definition) is 1. The zero-order chi connectivity index (χ0) is 10.6. The standard InChI is InChI=1S/C12H14ClN/c1-3-10(4-2)11-6-5-9(8-14)7-12(11)13/h5-7,10H,3-4H2,1-2H3. The largest absolute Gasteiger partial charge is 0.192 e. The van der Waals surface area contributed by atoms with Crippen molar-refractivity contribution in [2.45, 2.75) is 32.6 Å². The molecule has 0 bridgehead atoms. The molecule has 0 radical (unpaired) electrons. The van der Waals surface area contributed by atoms with Gasteiger partial charge in [0.25, 0.3) is 0 Å². The van der Waals surface area contributed by atoms with E-state index in [2.05, 4.69) is 19.9 Å². The molecule has 2 heteroatoms. The van der Waals surface area contributed by atoms with Gasteiger partial charge in [-0.05, 0) is 36.5 Å². The average molecular weight is 208 g/mol. The molecule has 0 spiro atoms.